The first-order valence-electron chi connectivity index (χ1n) is 2.75. The lowest BCUT2D eigenvalue weighted by atomic mass is 10.2. The average Bonchev–Trinajstić information content (AvgIpc) is 1.88. The van der Waals surface area contributed by atoms with Crippen LogP contribution in [0.2, 0.25) is 5.02 Å². The van der Waals surface area contributed by atoms with Gasteiger partial charge in [0.25, 0.3) is 0 Å². The normalized spacial score (nSPS) is 13.1. The van der Waals surface area contributed by atoms with Crippen LogP contribution >= 0.6 is 23.2 Å². The first-order chi connectivity index (χ1) is 4.70. The predicted molar refractivity (Wildman–Crippen MR) is 40.7 cm³/mol. The molecule has 0 saturated carbocycles. The Balaban J connectivity index is 2.96. The summed E-state index contributed by atoms with van der Waals surface area (Å²) in [4.78, 5) is 0. The van der Waals surface area contributed by atoms with E-state index in [4.69, 9.17) is 23.2 Å². The van der Waals surface area contributed by atoms with Gasteiger partial charge in [-0.2, -0.15) is 0 Å². The molecular formula is C7H5Cl2O. The Hall–Kier alpha value is -0.240. The number of halogens is 2. The van der Waals surface area contributed by atoms with E-state index >= 15 is 0 Å². The number of hydrogen-bond acceptors (Lipinski definition) is 0. The summed E-state index contributed by atoms with van der Waals surface area (Å²) in [5.74, 6) is 0. The van der Waals surface area contributed by atoms with Crippen LogP contribution in [0.25, 0.3) is 0 Å². The highest BCUT2D eigenvalue weighted by Gasteiger charge is 2.03. The molecule has 0 heterocycles. The van der Waals surface area contributed by atoms with Crippen molar-refractivity contribution in [2.75, 3.05) is 0 Å². The molecule has 1 aromatic rings. The maximum Gasteiger partial charge on any atom is 0.191 e. The molecular weight excluding hydrogens is 171 g/mol. The Kier molecular flexibility index (Phi) is 2.55. The molecule has 0 fully saturated rings. The third kappa shape index (κ3) is 1.87. The van der Waals surface area contributed by atoms with Crippen molar-refractivity contribution in [3.63, 3.8) is 0 Å². The first kappa shape index (κ1) is 7.86. The van der Waals surface area contributed by atoms with Gasteiger partial charge in [-0.05, 0) is 12.1 Å². The first-order valence-corrected chi connectivity index (χ1v) is 3.57. The van der Waals surface area contributed by atoms with Crippen LogP contribution in [-0.2, 0) is 5.11 Å². The van der Waals surface area contributed by atoms with Crippen molar-refractivity contribution in [1.29, 1.82) is 0 Å². The minimum atomic E-state index is -1.21. The van der Waals surface area contributed by atoms with Gasteiger partial charge >= 0.3 is 0 Å². The molecule has 0 amide bonds. The molecule has 0 aromatic heterocycles. The van der Waals surface area contributed by atoms with E-state index in [9.17, 15) is 5.11 Å². The van der Waals surface area contributed by atoms with Crippen LogP contribution in [-0.4, -0.2) is 0 Å². The average molecular weight is 176 g/mol. The zero-order valence-electron chi connectivity index (χ0n) is 5.05. The second-order valence-electron chi connectivity index (χ2n) is 1.87. The van der Waals surface area contributed by atoms with Crippen molar-refractivity contribution in [2.24, 2.45) is 0 Å². The summed E-state index contributed by atoms with van der Waals surface area (Å²) in [5.41, 5.74) is -0.701. The summed E-state index contributed by atoms with van der Waals surface area (Å²) >= 11 is 10.9. The Bertz CT molecular complexity index is 223. The lowest BCUT2D eigenvalue weighted by Crippen LogP contribution is -1.83. The quantitative estimate of drug-likeness (QED) is 0.586. The van der Waals surface area contributed by atoms with Gasteiger partial charge in [0.15, 0.2) is 5.56 Å². The fourth-order valence-electron chi connectivity index (χ4n) is 0.648. The summed E-state index contributed by atoms with van der Waals surface area (Å²) < 4.78 is 0. The Morgan fingerprint density at radius 3 is 2.50 bits per heavy atom. The fraction of sp³-hybridized carbons (Fsp3) is 0.143. The van der Waals surface area contributed by atoms with Crippen LogP contribution in [0.3, 0.4) is 0 Å². The molecule has 1 atom stereocenters. The van der Waals surface area contributed by atoms with E-state index in [1.54, 1.807) is 24.3 Å². The molecule has 1 aromatic carbocycles. The van der Waals surface area contributed by atoms with E-state index in [2.05, 4.69) is 0 Å². The predicted octanol–water partition coefficient (Wildman–Crippen LogP) is 3.01. The van der Waals surface area contributed by atoms with E-state index < -0.39 is 5.56 Å². The van der Waals surface area contributed by atoms with Gasteiger partial charge in [0.2, 0.25) is 0 Å². The summed E-state index contributed by atoms with van der Waals surface area (Å²) in [6.07, 6.45) is 0. The topological polar surface area (TPSA) is 19.9 Å². The molecule has 1 unspecified atom stereocenters. The van der Waals surface area contributed by atoms with Gasteiger partial charge < -0.3 is 0 Å². The molecule has 0 aliphatic carbocycles. The fourth-order valence-corrected chi connectivity index (χ4v) is 0.982. The lowest BCUT2D eigenvalue weighted by molar-refractivity contribution is 0.161. The van der Waals surface area contributed by atoms with Gasteiger partial charge in [-0.25, -0.2) is 5.11 Å². The molecule has 1 radical (unpaired) electrons. The molecule has 0 spiro atoms. The van der Waals surface area contributed by atoms with Crippen LogP contribution in [0.4, 0.5) is 0 Å². The molecule has 1 nitrogen and oxygen atoms in total. The monoisotopic (exact) mass is 175 g/mol. The third-order valence-corrected chi connectivity index (χ3v) is 1.60. The van der Waals surface area contributed by atoms with Crippen LogP contribution in [0.5, 0.6) is 0 Å². The SMILES string of the molecule is [O]C(Cl)c1cccc(Cl)c1. The smallest absolute Gasteiger partial charge is 0.191 e. The Labute approximate surface area is 69.2 Å². The molecule has 0 aliphatic rings. The van der Waals surface area contributed by atoms with Gasteiger partial charge in [-0.15, -0.1) is 0 Å². The summed E-state index contributed by atoms with van der Waals surface area (Å²) in [7, 11) is 0. The van der Waals surface area contributed by atoms with Crippen LogP contribution < -0.4 is 0 Å². The molecule has 0 N–H and O–H groups in total. The van der Waals surface area contributed by atoms with E-state index in [1.165, 1.54) is 0 Å². The number of alkyl halides is 1. The van der Waals surface area contributed by atoms with Crippen molar-refractivity contribution in [1.82, 2.24) is 0 Å². The number of benzene rings is 1. The van der Waals surface area contributed by atoms with Gasteiger partial charge in [0.05, 0.1) is 0 Å². The molecule has 0 bridgehead atoms. The van der Waals surface area contributed by atoms with E-state index in [0.29, 0.717) is 10.6 Å². The second-order valence-corrected chi connectivity index (χ2v) is 2.70. The zero-order valence-corrected chi connectivity index (χ0v) is 6.56. The van der Waals surface area contributed by atoms with Crippen LogP contribution in [0.1, 0.15) is 11.1 Å². The van der Waals surface area contributed by atoms with Gasteiger partial charge in [-0.3, -0.25) is 0 Å². The minimum Gasteiger partial charge on any atom is -0.210 e. The van der Waals surface area contributed by atoms with Crippen molar-refractivity contribution >= 4 is 23.2 Å². The Morgan fingerprint density at radius 2 is 2.10 bits per heavy atom. The van der Waals surface area contributed by atoms with E-state index in [0.717, 1.165) is 0 Å². The zero-order chi connectivity index (χ0) is 7.56. The van der Waals surface area contributed by atoms with Crippen molar-refractivity contribution < 1.29 is 5.11 Å². The van der Waals surface area contributed by atoms with E-state index in [1.807, 2.05) is 0 Å². The van der Waals surface area contributed by atoms with Crippen LogP contribution in [0, 0.1) is 0 Å². The summed E-state index contributed by atoms with van der Waals surface area (Å²) in [5, 5.41) is 11.1. The highest BCUT2D eigenvalue weighted by molar-refractivity contribution is 6.30. The summed E-state index contributed by atoms with van der Waals surface area (Å²) in [6, 6.07) is 6.61. The molecule has 0 saturated heterocycles. The van der Waals surface area contributed by atoms with Crippen molar-refractivity contribution in [3.8, 4) is 0 Å². The number of rotatable bonds is 1. The minimum absolute atomic E-state index is 0.508. The van der Waals surface area contributed by atoms with Gasteiger partial charge in [-0.1, -0.05) is 35.3 Å². The number of hydrogen-bond donors (Lipinski definition) is 0. The maximum absolute atomic E-state index is 10.6. The highest BCUT2D eigenvalue weighted by Crippen LogP contribution is 2.20. The maximum atomic E-state index is 10.6. The Morgan fingerprint density at radius 1 is 1.40 bits per heavy atom. The molecule has 0 aliphatic heterocycles. The van der Waals surface area contributed by atoms with E-state index in [-0.39, 0.29) is 0 Å². The highest BCUT2D eigenvalue weighted by atomic mass is 35.5. The second kappa shape index (κ2) is 3.24. The molecule has 1 rings (SSSR count). The van der Waals surface area contributed by atoms with Crippen molar-refractivity contribution in [3.05, 3.63) is 34.9 Å². The molecule has 10 heavy (non-hydrogen) atoms. The van der Waals surface area contributed by atoms with Crippen molar-refractivity contribution in [2.45, 2.75) is 5.56 Å². The van der Waals surface area contributed by atoms with Gasteiger partial charge in [0, 0.05) is 10.6 Å². The van der Waals surface area contributed by atoms with Crippen LogP contribution in [0.15, 0.2) is 24.3 Å². The molecule has 3 heteroatoms. The molecule has 53 valence electrons. The largest absolute Gasteiger partial charge is 0.210 e. The summed E-state index contributed by atoms with van der Waals surface area (Å²) in [6.45, 7) is 0. The lowest BCUT2D eigenvalue weighted by Gasteiger charge is -1.98. The van der Waals surface area contributed by atoms with Gasteiger partial charge in [0.1, 0.15) is 0 Å². The third-order valence-electron chi connectivity index (χ3n) is 1.11. The standard InChI is InChI=1S/C7H5Cl2O/c8-6-3-1-2-5(4-6)7(9)10/h1-4,7H.